The summed E-state index contributed by atoms with van der Waals surface area (Å²) in [4.78, 5) is 32.2. The van der Waals surface area contributed by atoms with E-state index in [9.17, 15) is 14.7 Å². The molecule has 1 aliphatic rings. The molecule has 9 nitrogen and oxygen atoms in total. The summed E-state index contributed by atoms with van der Waals surface area (Å²) < 4.78 is 0. The SMILES string of the molecule is N[C@@H](Cc1c[nH]cn1)C(=O)N1C[C@H](CCCB(O)O)[C@H](C(=O)O)C1. The monoisotopic (exact) mass is 338 g/mol. The second-order valence-electron chi connectivity index (χ2n) is 6.23. The maximum Gasteiger partial charge on any atom is 0.451 e. The molecule has 2 rings (SSSR count). The summed E-state index contributed by atoms with van der Waals surface area (Å²) in [6.45, 7) is 0.459. The molecule has 2 heterocycles. The first kappa shape index (κ1) is 18.4. The molecule has 0 saturated carbocycles. The largest absolute Gasteiger partial charge is 0.481 e. The minimum Gasteiger partial charge on any atom is -0.481 e. The van der Waals surface area contributed by atoms with Crippen LogP contribution in [0.1, 0.15) is 18.5 Å². The molecule has 1 aromatic heterocycles. The standard InChI is InChI=1S/C14H23BN4O5/c16-12(4-10-5-17-8-18-10)13(20)19-6-9(2-1-3-15(23)24)11(7-19)14(21)22/h5,8-9,11-12,23-24H,1-4,6-7,16H2,(H,17,18)(H,21,22)/t9-,11+,12-/m0/s1. The molecule has 1 aliphatic heterocycles. The third-order valence-corrected chi connectivity index (χ3v) is 4.41. The predicted octanol–water partition coefficient (Wildman–Crippen LogP) is -1.31. The Morgan fingerprint density at radius 1 is 1.46 bits per heavy atom. The van der Waals surface area contributed by atoms with Crippen molar-refractivity contribution in [3.05, 3.63) is 18.2 Å². The van der Waals surface area contributed by atoms with E-state index in [0.29, 0.717) is 25.1 Å². The highest BCUT2D eigenvalue weighted by molar-refractivity contribution is 6.40. The second kappa shape index (κ2) is 8.27. The number of hydrogen-bond acceptors (Lipinski definition) is 6. The molecule has 24 heavy (non-hydrogen) atoms. The number of nitrogens with two attached hydrogens (primary N) is 1. The molecule has 1 amide bonds. The van der Waals surface area contributed by atoms with Crippen molar-refractivity contribution in [2.75, 3.05) is 13.1 Å². The normalized spacial score (nSPS) is 21.7. The molecule has 1 aromatic rings. The fourth-order valence-electron chi connectivity index (χ4n) is 3.14. The Morgan fingerprint density at radius 3 is 2.79 bits per heavy atom. The smallest absolute Gasteiger partial charge is 0.451 e. The minimum absolute atomic E-state index is 0.134. The number of H-pyrrole nitrogens is 1. The summed E-state index contributed by atoms with van der Waals surface area (Å²) in [5.41, 5.74) is 6.62. The molecular weight excluding hydrogens is 315 g/mol. The van der Waals surface area contributed by atoms with Gasteiger partial charge in [-0.2, -0.15) is 0 Å². The number of hydrogen-bond donors (Lipinski definition) is 5. The number of carboxylic acids is 1. The summed E-state index contributed by atoms with van der Waals surface area (Å²) in [5.74, 6) is -2.08. The lowest BCUT2D eigenvalue weighted by Gasteiger charge is -2.20. The van der Waals surface area contributed by atoms with Gasteiger partial charge in [0.1, 0.15) is 0 Å². The van der Waals surface area contributed by atoms with Gasteiger partial charge in [0.15, 0.2) is 0 Å². The van der Waals surface area contributed by atoms with Crippen molar-refractivity contribution >= 4 is 19.0 Å². The first-order valence-corrected chi connectivity index (χ1v) is 7.99. The van der Waals surface area contributed by atoms with E-state index in [4.69, 9.17) is 15.8 Å². The van der Waals surface area contributed by atoms with Crippen LogP contribution in [0.15, 0.2) is 12.5 Å². The Kier molecular flexibility index (Phi) is 6.35. The molecule has 0 radical (unpaired) electrons. The lowest BCUT2D eigenvalue weighted by atomic mass is 9.80. The lowest BCUT2D eigenvalue weighted by molar-refractivity contribution is -0.142. The van der Waals surface area contributed by atoms with Gasteiger partial charge in [-0.1, -0.05) is 6.42 Å². The highest BCUT2D eigenvalue weighted by atomic mass is 16.4. The van der Waals surface area contributed by atoms with Crippen molar-refractivity contribution in [2.45, 2.75) is 31.6 Å². The average Bonchev–Trinajstić information content (AvgIpc) is 3.15. The molecule has 1 saturated heterocycles. The third kappa shape index (κ3) is 4.79. The Bertz CT molecular complexity index is 553. The van der Waals surface area contributed by atoms with E-state index >= 15 is 0 Å². The highest BCUT2D eigenvalue weighted by Crippen LogP contribution is 2.29. The molecule has 3 atom stereocenters. The van der Waals surface area contributed by atoms with Gasteiger partial charge in [-0.25, -0.2) is 4.98 Å². The first-order chi connectivity index (χ1) is 11.4. The Balaban J connectivity index is 1.92. The van der Waals surface area contributed by atoms with E-state index in [-0.39, 0.29) is 31.1 Å². The second-order valence-corrected chi connectivity index (χ2v) is 6.23. The Morgan fingerprint density at radius 2 is 2.21 bits per heavy atom. The van der Waals surface area contributed by atoms with Gasteiger partial charge in [0.2, 0.25) is 5.91 Å². The van der Waals surface area contributed by atoms with Crippen molar-refractivity contribution in [1.82, 2.24) is 14.9 Å². The Hall–Kier alpha value is -1.91. The van der Waals surface area contributed by atoms with Crippen LogP contribution in [-0.4, -0.2) is 68.1 Å². The van der Waals surface area contributed by atoms with E-state index in [1.54, 1.807) is 6.20 Å². The van der Waals surface area contributed by atoms with Crippen LogP contribution < -0.4 is 5.73 Å². The first-order valence-electron chi connectivity index (χ1n) is 7.99. The van der Waals surface area contributed by atoms with E-state index in [2.05, 4.69) is 9.97 Å². The topological polar surface area (TPSA) is 153 Å². The number of likely N-dealkylation sites (tertiary alicyclic amines) is 1. The van der Waals surface area contributed by atoms with E-state index in [0.717, 1.165) is 0 Å². The maximum absolute atomic E-state index is 12.5. The van der Waals surface area contributed by atoms with Crippen molar-refractivity contribution in [3.8, 4) is 0 Å². The summed E-state index contributed by atoms with van der Waals surface area (Å²) in [6, 6.07) is -0.763. The van der Waals surface area contributed by atoms with E-state index in [1.807, 2.05) is 0 Å². The predicted molar refractivity (Wildman–Crippen MR) is 85.7 cm³/mol. The fraction of sp³-hybridized carbons (Fsp3) is 0.643. The van der Waals surface area contributed by atoms with Crippen LogP contribution in [0.5, 0.6) is 0 Å². The minimum atomic E-state index is -1.39. The van der Waals surface area contributed by atoms with E-state index < -0.39 is 25.0 Å². The zero-order chi connectivity index (χ0) is 17.7. The zero-order valence-electron chi connectivity index (χ0n) is 13.3. The summed E-state index contributed by atoms with van der Waals surface area (Å²) in [7, 11) is -1.39. The van der Waals surface area contributed by atoms with Crippen LogP contribution in [-0.2, 0) is 16.0 Å². The molecule has 0 bridgehead atoms. The zero-order valence-corrected chi connectivity index (χ0v) is 13.3. The van der Waals surface area contributed by atoms with Gasteiger partial charge in [0.25, 0.3) is 0 Å². The van der Waals surface area contributed by atoms with Gasteiger partial charge < -0.3 is 30.8 Å². The van der Waals surface area contributed by atoms with Crippen LogP contribution >= 0.6 is 0 Å². The molecule has 1 fully saturated rings. The molecule has 0 unspecified atom stereocenters. The number of nitrogens with zero attached hydrogens (tertiary/aromatic N) is 2. The number of rotatable bonds is 8. The molecule has 6 N–H and O–H groups in total. The number of aromatic amines is 1. The van der Waals surface area contributed by atoms with Crippen molar-refractivity contribution in [1.29, 1.82) is 0 Å². The quantitative estimate of drug-likeness (QED) is 0.369. The number of carbonyl (C=O) groups excluding carboxylic acids is 1. The number of nitrogens with one attached hydrogen (secondary N) is 1. The van der Waals surface area contributed by atoms with Gasteiger partial charge in [-0.15, -0.1) is 0 Å². The van der Waals surface area contributed by atoms with Gasteiger partial charge in [0.05, 0.1) is 24.0 Å². The summed E-state index contributed by atoms with van der Waals surface area (Å²) >= 11 is 0. The average molecular weight is 338 g/mol. The van der Waals surface area contributed by atoms with Crippen LogP contribution in [0.2, 0.25) is 6.32 Å². The molecular formula is C14H23BN4O5. The van der Waals surface area contributed by atoms with Crippen molar-refractivity contribution < 1.29 is 24.7 Å². The van der Waals surface area contributed by atoms with Crippen LogP contribution in [0.4, 0.5) is 0 Å². The van der Waals surface area contributed by atoms with Crippen molar-refractivity contribution in [3.63, 3.8) is 0 Å². The maximum atomic E-state index is 12.5. The molecule has 0 spiro atoms. The van der Waals surface area contributed by atoms with Crippen LogP contribution in [0, 0.1) is 11.8 Å². The summed E-state index contributed by atoms with van der Waals surface area (Å²) in [6.07, 6.45) is 4.67. The summed E-state index contributed by atoms with van der Waals surface area (Å²) in [5, 5.41) is 27.1. The number of carboxylic acid groups (broad SMARTS) is 1. The molecule has 10 heteroatoms. The van der Waals surface area contributed by atoms with Crippen LogP contribution in [0.25, 0.3) is 0 Å². The number of imidazole rings is 1. The number of aromatic nitrogens is 2. The lowest BCUT2D eigenvalue weighted by Crippen LogP contribution is -2.44. The molecule has 0 aliphatic carbocycles. The highest BCUT2D eigenvalue weighted by Gasteiger charge is 2.40. The van der Waals surface area contributed by atoms with Crippen LogP contribution in [0.3, 0.4) is 0 Å². The van der Waals surface area contributed by atoms with E-state index in [1.165, 1.54) is 11.2 Å². The Labute approximate surface area is 140 Å². The van der Waals surface area contributed by atoms with Gasteiger partial charge >= 0.3 is 13.1 Å². The number of carbonyl (C=O) groups is 2. The third-order valence-electron chi connectivity index (χ3n) is 4.41. The van der Waals surface area contributed by atoms with Gasteiger partial charge in [-0.3, -0.25) is 9.59 Å². The van der Waals surface area contributed by atoms with Gasteiger partial charge in [-0.05, 0) is 18.7 Å². The number of amides is 1. The molecule has 0 aromatic carbocycles. The van der Waals surface area contributed by atoms with Crippen molar-refractivity contribution in [2.24, 2.45) is 17.6 Å². The van der Waals surface area contributed by atoms with Gasteiger partial charge in [0, 0.05) is 25.7 Å². The number of aliphatic carboxylic acids is 1. The fourth-order valence-corrected chi connectivity index (χ4v) is 3.14. The molecule has 132 valence electrons.